The molecule has 0 bridgehead atoms. The van der Waals surface area contributed by atoms with Crippen LogP contribution in [0.4, 0.5) is 13.2 Å². The monoisotopic (exact) mass is 300 g/mol. The molecule has 0 aliphatic carbocycles. The molecule has 0 spiro atoms. The molecular weight excluding hydrogens is 281 g/mol. The van der Waals surface area contributed by atoms with Crippen molar-refractivity contribution in [2.45, 2.75) is 32.0 Å². The minimum atomic E-state index is -4.37. The Morgan fingerprint density at radius 1 is 1.14 bits per heavy atom. The number of nitrogens with zero attached hydrogens (tertiary/aromatic N) is 1. The number of hydrogen-bond acceptors (Lipinski definition) is 2. The van der Waals surface area contributed by atoms with E-state index < -0.39 is 11.7 Å². The van der Waals surface area contributed by atoms with Crippen molar-refractivity contribution in [1.29, 1.82) is 0 Å². The Kier molecular flexibility index (Phi) is 5.22. The van der Waals surface area contributed by atoms with Gasteiger partial charge in [-0.05, 0) is 30.9 Å². The van der Waals surface area contributed by atoms with Gasteiger partial charge in [0.1, 0.15) is 0 Å². The molecule has 1 saturated heterocycles. The summed E-state index contributed by atoms with van der Waals surface area (Å²) in [4.78, 5) is 13.7. The maximum atomic E-state index is 12.8. The van der Waals surface area contributed by atoms with Crippen molar-refractivity contribution in [3.63, 3.8) is 0 Å². The average molecular weight is 300 g/mol. The lowest BCUT2D eigenvalue weighted by molar-refractivity contribution is -0.138. The number of hydrogen-bond donors (Lipinski definition) is 1. The van der Waals surface area contributed by atoms with E-state index in [9.17, 15) is 18.0 Å². The summed E-state index contributed by atoms with van der Waals surface area (Å²) in [5, 5.41) is 2.82. The Hall–Kier alpha value is -1.56. The fourth-order valence-corrected chi connectivity index (χ4v) is 2.51. The maximum absolute atomic E-state index is 12.8. The molecule has 0 radical (unpaired) electrons. The van der Waals surface area contributed by atoms with Crippen LogP contribution in [0.25, 0.3) is 0 Å². The van der Waals surface area contributed by atoms with Crippen molar-refractivity contribution in [3.8, 4) is 0 Å². The number of carbonyl (C=O) groups is 1. The summed E-state index contributed by atoms with van der Waals surface area (Å²) < 4.78 is 38.5. The predicted octanol–water partition coefficient (Wildman–Crippen LogP) is 2.81. The number of likely N-dealkylation sites (tertiary alicyclic amines) is 1. The zero-order valence-electron chi connectivity index (χ0n) is 11.7. The van der Waals surface area contributed by atoms with E-state index in [1.165, 1.54) is 12.1 Å². The van der Waals surface area contributed by atoms with E-state index in [0.29, 0.717) is 0 Å². The fraction of sp³-hybridized carbons (Fsp3) is 0.533. The summed E-state index contributed by atoms with van der Waals surface area (Å²) in [5.41, 5.74) is -0.487. The highest BCUT2D eigenvalue weighted by Crippen LogP contribution is 2.31. The largest absolute Gasteiger partial charge is 0.416 e. The molecule has 1 aromatic carbocycles. The number of benzene rings is 1. The fourth-order valence-electron chi connectivity index (χ4n) is 2.51. The highest BCUT2D eigenvalue weighted by molar-refractivity contribution is 5.78. The maximum Gasteiger partial charge on any atom is 0.416 e. The summed E-state index contributed by atoms with van der Waals surface area (Å²) in [6.07, 6.45) is -1.23. The number of carbonyl (C=O) groups excluding carboxylic acids is 1. The van der Waals surface area contributed by atoms with E-state index >= 15 is 0 Å². The summed E-state index contributed by atoms with van der Waals surface area (Å²) in [5.74, 6) is -0.0424. The number of nitrogens with one attached hydrogen (secondary N) is 1. The highest BCUT2D eigenvalue weighted by atomic mass is 19.4. The Balaban J connectivity index is 1.87. The SMILES string of the molecule is O=C(CNCc1ccccc1C(F)(F)F)N1CCCCC1. The lowest BCUT2D eigenvalue weighted by atomic mass is 10.1. The Morgan fingerprint density at radius 3 is 2.48 bits per heavy atom. The van der Waals surface area contributed by atoms with Gasteiger partial charge < -0.3 is 10.2 Å². The molecule has 6 heteroatoms. The number of rotatable bonds is 4. The Labute approximate surface area is 122 Å². The zero-order chi connectivity index (χ0) is 15.3. The molecule has 1 aliphatic heterocycles. The molecule has 0 atom stereocenters. The van der Waals surface area contributed by atoms with Crippen LogP contribution in [-0.2, 0) is 17.5 Å². The number of halogens is 3. The van der Waals surface area contributed by atoms with Crippen LogP contribution in [0.3, 0.4) is 0 Å². The second-order valence-electron chi connectivity index (χ2n) is 5.20. The third kappa shape index (κ3) is 4.46. The molecule has 116 valence electrons. The summed E-state index contributed by atoms with van der Waals surface area (Å²) in [6.45, 7) is 1.61. The average Bonchev–Trinajstić information content (AvgIpc) is 2.47. The van der Waals surface area contributed by atoms with Gasteiger partial charge in [0.05, 0.1) is 12.1 Å². The summed E-state index contributed by atoms with van der Waals surface area (Å²) >= 11 is 0. The van der Waals surface area contributed by atoms with Crippen LogP contribution < -0.4 is 5.32 Å². The topological polar surface area (TPSA) is 32.3 Å². The van der Waals surface area contributed by atoms with Gasteiger partial charge in [-0.1, -0.05) is 18.2 Å². The number of amides is 1. The molecule has 3 nitrogen and oxygen atoms in total. The van der Waals surface area contributed by atoms with Crippen molar-refractivity contribution in [2.75, 3.05) is 19.6 Å². The van der Waals surface area contributed by atoms with E-state index in [0.717, 1.165) is 38.4 Å². The quantitative estimate of drug-likeness (QED) is 0.927. The minimum absolute atomic E-state index is 0.0370. The van der Waals surface area contributed by atoms with Gasteiger partial charge in [0, 0.05) is 19.6 Å². The lowest BCUT2D eigenvalue weighted by Crippen LogP contribution is -2.41. The van der Waals surface area contributed by atoms with Crippen LogP contribution in [-0.4, -0.2) is 30.4 Å². The van der Waals surface area contributed by atoms with E-state index in [2.05, 4.69) is 5.32 Å². The van der Waals surface area contributed by atoms with Gasteiger partial charge in [-0.3, -0.25) is 4.79 Å². The Bertz CT molecular complexity index is 482. The molecule has 1 heterocycles. The smallest absolute Gasteiger partial charge is 0.342 e. The molecule has 21 heavy (non-hydrogen) atoms. The van der Waals surface area contributed by atoms with Crippen molar-refractivity contribution >= 4 is 5.91 Å². The molecule has 2 rings (SSSR count). The van der Waals surface area contributed by atoms with Crippen LogP contribution in [0.1, 0.15) is 30.4 Å². The standard InChI is InChI=1S/C15H19F3N2O/c16-15(17,18)13-7-3-2-6-12(13)10-19-11-14(21)20-8-4-1-5-9-20/h2-3,6-7,19H,1,4-5,8-11H2. The van der Waals surface area contributed by atoms with Crippen molar-refractivity contribution in [3.05, 3.63) is 35.4 Å². The van der Waals surface area contributed by atoms with Crippen molar-refractivity contribution < 1.29 is 18.0 Å². The van der Waals surface area contributed by atoms with Crippen molar-refractivity contribution in [2.24, 2.45) is 0 Å². The van der Waals surface area contributed by atoms with Gasteiger partial charge in [-0.2, -0.15) is 13.2 Å². The van der Waals surface area contributed by atoms with Gasteiger partial charge in [0.25, 0.3) is 0 Å². The lowest BCUT2D eigenvalue weighted by Gasteiger charge is -2.26. The van der Waals surface area contributed by atoms with Crippen LogP contribution in [0, 0.1) is 0 Å². The molecular formula is C15H19F3N2O. The number of piperidine rings is 1. The summed E-state index contributed by atoms with van der Waals surface area (Å²) in [7, 11) is 0. The Morgan fingerprint density at radius 2 is 1.81 bits per heavy atom. The predicted molar refractivity (Wildman–Crippen MR) is 73.6 cm³/mol. The van der Waals surface area contributed by atoms with E-state index in [-0.39, 0.29) is 24.6 Å². The highest BCUT2D eigenvalue weighted by Gasteiger charge is 2.32. The third-order valence-electron chi connectivity index (χ3n) is 3.62. The van der Waals surface area contributed by atoms with Gasteiger partial charge in [-0.25, -0.2) is 0 Å². The molecule has 0 saturated carbocycles. The molecule has 1 amide bonds. The molecule has 1 aromatic rings. The summed E-state index contributed by atoms with van der Waals surface area (Å²) in [6, 6.07) is 5.43. The van der Waals surface area contributed by atoms with Gasteiger partial charge in [-0.15, -0.1) is 0 Å². The molecule has 1 aliphatic rings. The molecule has 0 aromatic heterocycles. The van der Waals surface area contributed by atoms with Crippen LogP contribution in [0.5, 0.6) is 0 Å². The molecule has 1 N–H and O–H groups in total. The first-order chi connectivity index (χ1) is 9.98. The van der Waals surface area contributed by atoms with Gasteiger partial charge in [0.2, 0.25) is 5.91 Å². The third-order valence-corrected chi connectivity index (χ3v) is 3.62. The van der Waals surface area contributed by atoms with Gasteiger partial charge >= 0.3 is 6.18 Å². The van der Waals surface area contributed by atoms with Crippen LogP contribution in [0.2, 0.25) is 0 Å². The second-order valence-corrected chi connectivity index (χ2v) is 5.20. The normalized spacial score (nSPS) is 16.0. The van der Waals surface area contributed by atoms with Crippen LogP contribution >= 0.6 is 0 Å². The second kappa shape index (κ2) is 6.93. The first-order valence-corrected chi connectivity index (χ1v) is 7.12. The minimum Gasteiger partial charge on any atom is -0.342 e. The molecule has 1 fully saturated rings. The van der Waals surface area contributed by atoms with Gasteiger partial charge in [0.15, 0.2) is 0 Å². The van der Waals surface area contributed by atoms with E-state index in [1.807, 2.05) is 0 Å². The zero-order valence-corrected chi connectivity index (χ0v) is 11.7. The first kappa shape index (κ1) is 15.8. The van der Waals surface area contributed by atoms with Crippen LogP contribution in [0.15, 0.2) is 24.3 Å². The molecule has 0 unspecified atom stereocenters. The number of alkyl halides is 3. The van der Waals surface area contributed by atoms with Crippen molar-refractivity contribution in [1.82, 2.24) is 10.2 Å². The van der Waals surface area contributed by atoms with E-state index in [4.69, 9.17) is 0 Å². The first-order valence-electron chi connectivity index (χ1n) is 7.12. The van der Waals surface area contributed by atoms with E-state index in [1.54, 1.807) is 11.0 Å².